The van der Waals surface area contributed by atoms with E-state index in [0.717, 1.165) is 22.1 Å². The molecule has 0 radical (unpaired) electrons. The Morgan fingerprint density at radius 2 is 2.27 bits per heavy atom. The first-order valence-corrected chi connectivity index (χ1v) is 6.28. The third kappa shape index (κ3) is 2.53. The molecular formula is C12H15NOS. The number of oxazole rings is 1. The van der Waals surface area contributed by atoms with Gasteiger partial charge in [-0.05, 0) is 31.0 Å². The van der Waals surface area contributed by atoms with Gasteiger partial charge in [-0.15, -0.1) is 0 Å². The number of thioether (sulfide) groups is 1. The summed E-state index contributed by atoms with van der Waals surface area (Å²) in [4.78, 5) is 4.44. The van der Waals surface area contributed by atoms with E-state index in [2.05, 4.69) is 24.9 Å². The third-order valence-electron chi connectivity index (χ3n) is 2.25. The second-order valence-electron chi connectivity index (χ2n) is 3.65. The highest BCUT2D eigenvalue weighted by Gasteiger charge is 2.05. The van der Waals surface area contributed by atoms with Crippen molar-refractivity contribution in [2.75, 3.05) is 5.75 Å². The number of unbranched alkanes of at least 4 members (excludes halogenated alkanes) is 1. The monoisotopic (exact) mass is 221 g/mol. The molecular weight excluding hydrogens is 206 g/mol. The predicted molar refractivity (Wildman–Crippen MR) is 64.4 cm³/mol. The van der Waals surface area contributed by atoms with Crippen LogP contribution in [0.1, 0.15) is 25.3 Å². The third-order valence-corrected chi connectivity index (χ3v) is 3.16. The molecule has 1 aromatic carbocycles. The molecule has 2 nitrogen and oxygen atoms in total. The first-order chi connectivity index (χ1) is 7.29. The van der Waals surface area contributed by atoms with E-state index in [1.54, 1.807) is 11.8 Å². The van der Waals surface area contributed by atoms with Crippen LogP contribution >= 0.6 is 11.8 Å². The summed E-state index contributed by atoms with van der Waals surface area (Å²) in [5.41, 5.74) is 3.08. The molecule has 0 aliphatic heterocycles. The summed E-state index contributed by atoms with van der Waals surface area (Å²) < 4.78 is 5.62. The molecule has 0 bridgehead atoms. The standard InChI is InChI=1S/C12H15NOS/c1-3-4-7-15-12-13-10-8-9(2)5-6-11(10)14-12/h5-6,8H,3-4,7H2,1-2H3. The molecule has 0 atom stereocenters. The van der Waals surface area contributed by atoms with Gasteiger partial charge in [0, 0.05) is 5.75 Å². The van der Waals surface area contributed by atoms with Crippen molar-refractivity contribution < 1.29 is 4.42 Å². The van der Waals surface area contributed by atoms with Gasteiger partial charge in [-0.2, -0.15) is 0 Å². The molecule has 0 unspecified atom stereocenters. The Balaban J connectivity index is 2.16. The summed E-state index contributed by atoms with van der Waals surface area (Å²) in [6.07, 6.45) is 2.43. The van der Waals surface area contributed by atoms with Gasteiger partial charge in [0.05, 0.1) is 0 Å². The fourth-order valence-corrected chi connectivity index (χ4v) is 2.30. The topological polar surface area (TPSA) is 26.0 Å². The molecule has 80 valence electrons. The Labute approximate surface area is 94.1 Å². The number of hydrogen-bond acceptors (Lipinski definition) is 3. The first-order valence-electron chi connectivity index (χ1n) is 5.29. The van der Waals surface area contributed by atoms with E-state index in [0.29, 0.717) is 0 Å². The molecule has 15 heavy (non-hydrogen) atoms. The minimum Gasteiger partial charge on any atom is -0.431 e. The van der Waals surface area contributed by atoms with Crippen molar-refractivity contribution in [3.8, 4) is 0 Å². The van der Waals surface area contributed by atoms with Crippen LogP contribution in [0, 0.1) is 6.92 Å². The van der Waals surface area contributed by atoms with Crippen LogP contribution in [0.2, 0.25) is 0 Å². The quantitative estimate of drug-likeness (QED) is 0.576. The van der Waals surface area contributed by atoms with Crippen molar-refractivity contribution in [1.29, 1.82) is 0 Å². The van der Waals surface area contributed by atoms with E-state index in [9.17, 15) is 0 Å². The van der Waals surface area contributed by atoms with Crippen LogP contribution < -0.4 is 0 Å². The molecule has 0 spiro atoms. The van der Waals surface area contributed by atoms with Gasteiger partial charge in [-0.3, -0.25) is 0 Å². The highest BCUT2D eigenvalue weighted by atomic mass is 32.2. The molecule has 1 aromatic heterocycles. The summed E-state index contributed by atoms with van der Waals surface area (Å²) in [6.45, 7) is 4.26. The van der Waals surface area contributed by atoms with Gasteiger partial charge in [0.15, 0.2) is 5.58 Å². The van der Waals surface area contributed by atoms with Crippen molar-refractivity contribution in [3.63, 3.8) is 0 Å². The maximum atomic E-state index is 5.62. The van der Waals surface area contributed by atoms with Crippen LogP contribution in [-0.2, 0) is 0 Å². The highest BCUT2D eigenvalue weighted by molar-refractivity contribution is 7.99. The number of nitrogens with zero attached hydrogens (tertiary/aromatic N) is 1. The van der Waals surface area contributed by atoms with Crippen LogP contribution in [0.3, 0.4) is 0 Å². The lowest BCUT2D eigenvalue weighted by molar-refractivity contribution is 0.489. The summed E-state index contributed by atoms with van der Waals surface area (Å²) >= 11 is 1.70. The van der Waals surface area contributed by atoms with Crippen molar-refractivity contribution in [2.24, 2.45) is 0 Å². The molecule has 0 aliphatic rings. The lowest BCUT2D eigenvalue weighted by atomic mass is 10.2. The molecule has 0 fully saturated rings. The maximum absolute atomic E-state index is 5.62. The molecule has 0 amide bonds. The van der Waals surface area contributed by atoms with Gasteiger partial charge >= 0.3 is 0 Å². The fourth-order valence-electron chi connectivity index (χ4n) is 1.38. The smallest absolute Gasteiger partial charge is 0.256 e. The van der Waals surface area contributed by atoms with Crippen LogP contribution in [0.4, 0.5) is 0 Å². The van der Waals surface area contributed by atoms with Gasteiger partial charge in [-0.25, -0.2) is 4.98 Å². The van der Waals surface area contributed by atoms with Crippen LogP contribution in [0.15, 0.2) is 27.8 Å². The van der Waals surface area contributed by atoms with E-state index < -0.39 is 0 Å². The highest BCUT2D eigenvalue weighted by Crippen LogP contribution is 2.24. The summed E-state index contributed by atoms with van der Waals surface area (Å²) in [5.74, 6) is 1.09. The minimum atomic E-state index is 0.795. The molecule has 2 rings (SSSR count). The maximum Gasteiger partial charge on any atom is 0.256 e. The minimum absolute atomic E-state index is 0.795. The lowest BCUT2D eigenvalue weighted by Gasteiger charge is -1.91. The number of benzene rings is 1. The van der Waals surface area contributed by atoms with Gasteiger partial charge in [-0.1, -0.05) is 31.2 Å². The molecule has 0 N–H and O–H groups in total. The normalized spacial score (nSPS) is 11.1. The zero-order chi connectivity index (χ0) is 10.7. The Hall–Kier alpha value is -0.960. The van der Waals surface area contributed by atoms with E-state index in [1.165, 1.54) is 18.4 Å². The van der Waals surface area contributed by atoms with Gasteiger partial charge in [0.25, 0.3) is 5.22 Å². The van der Waals surface area contributed by atoms with Crippen LogP contribution in [-0.4, -0.2) is 10.7 Å². The van der Waals surface area contributed by atoms with Gasteiger partial charge < -0.3 is 4.42 Å². The SMILES string of the molecule is CCCCSc1nc2cc(C)ccc2o1. The van der Waals surface area contributed by atoms with Crippen LogP contribution in [0.5, 0.6) is 0 Å². The molecule has 1 heterocycles. The largest absolute Gasteiger partial charge is 0.431 e. The second-order valence-corrected chi connectivity index (χ2v) is 4.70. The van der Waals surface area contributed by atoms with Crippen molar-refractivity contribution >= 4 is 22.9 Å². The van der Waals surface area contributed by atoms with E-state index in [1.807, 2.05) is 12.1 Å². The molecule has 0 aliphatic carbocycles. The summed E-state index contributed by atoms with van der Waals surface area (Å²) in [5, 5.41) is 0.795. The van der Waals surface area contributed by atoms with Crippen molar-refractivity contribution in [2.45, 2.75) is 31.9 Å². The Kier molecular flexibility index (Phi) is 3.31. The fraction of sp³-hybridized carbons (Fsp3) is 0.417. The zero-order valence-corrected chi connectivity index (χ0v) is 9.93. The average molecular weight is 221 g/mol. The number of rotatable bonds is 4. The Morgan fingerprint density at radius 1 is 1.40 bits per heavy atom. The number of fused-ring (bicyclic) bond motifs is 1. The number of hydrogen-bond donors (Lipinski definition) is 0. The van der Waals surface area contributed by atoms with E-state index in [4.69, 9.17) is 4.42 Å². The van der Waals surface area contributed by atoms with E-state index >= 15 is 0 Å². The number of aryl methyl sites for hydroxylation is 1. The van der Waals surface area contributed by atoms with Gasteiger partial charge in [0.2, 0.25) is 0 Å². The predicted octanol–water partition coefficient (Wildman–Crippen LogP) is 4.03. The summed E-state index contributed by atoms with van der Waals surface area (Å²) in [7, 11) is 0. The Morgan fingerprint density at radius 3 is 3.07 bits per heavy atom. The second kappa shape index (κ2) is 4.71. The molecule has 0 saturated carbocycles. The molecule has 0 saturated heterocycles. The zero-order valence-electron chi connectivity index (χ0n) is 9.12. The lowest BCUT2D eigenvalue weighted by Crippen LogP contribution is -1.77. The molecule has 2 aromatic rings. The number of aromatic nitrogens is 1. The first kappa shape index (κ1) is 10.6. The van der Waals surface area contributed by atoms with Gasteiger partial charge in [0.1, 0.15) is 5.52 Å². The van der Waals surface area contributed by atoms with E-state index in [-0.39, 0.29) is 0 Å². The van der Waals surface area contributed by atoms with Crippen molar-refractivity contribution in [3.05, 3.63) is 23.8 Å². The van der Waals surface area contributed by atoms with Crippen molar-refractivity contribution in [1.82, 2.24) is 4.98 Å². The Bertz CT molecular complexity index is 450. The molecule has 3 heteroatoms. The average Bonchev–Trinajstić information content (AvgIpc) is 2.60. The summed E-state index contributed by atoms with van der Waals surface area (Å²) in [6, 6.07) is 6.10. The van der Waals surface area contributed by atoms with Crippen LogP contribution in [0.25, 0.3) is 11.1 Å².